The molecular weight excluding hydrogens is 506 g/mol. The van der Waals surface area contributed by atoms with Crippen molar-refractivity contribution in [3.05, 3.63) is 39.9 Å². The van der Waals surface area contributed by atoms with Crippen LogP contribution < -0.4 is 10.6 Å². The zero-order valence-corrected chi connectivity index (χ0v) is 25.4. The molecule has 0 aliphatic heterocycles. The standard InChI is InChI=1S/C32H47N3O3S/c1-19-18-34-30(39-19)35-28(37)10-8-21-16-27(33-13-14-38-6)32(5)12-11-22-23(29(21)32)9-7-20-15-26(36)25(17-24(20)22)31(2,3)4/h15,17-18,21-23,27,29,33,36H,7-14,16H2,1-6H3,(H,34,35,37)/t21-,22?,23?,27?,29?,32-/m1/s1. The van der Waals surface area contributed by atoms with E-state index in [-0.39, 0.29) is 16.7 Å². The highest BCUT2D eigenvalue weighted by Gasteiger charge is 2.58. The minimum absolute atomic E-state index is 0.0773. The molecule has 6 nitrogen and oxygen atoms in total. The predicted octanol–water partition coefficient (Wildman–Crippen LogP) is 6.56. The van der Waals surface area contributed by atoms with Gasteiger partial charge in [0, 0.05) is 37.2 Å². The van der Waals surface area contributed by atoms with Crippen molar-refractivity contribution >= 4 is 22.4 Å². The van der Waals surface area contributed by atoms with Gasteiger partial charge in [0.15, 0.2) is 5.13 Å². The number of hydrogen-bond acceptors (Lipinski definition) is 6. The van der Waals surface area contributed by atoms with Gasteiger partial charge in [-0.3, -0.25) is 4.79 Å². The summed E-state index contributed by atoms with van der Waals surface area (Å²) in [5.74, 6) is 2.74. The molecule has 39 heavy (non-hydrogen) atoms. The summed E-state index contributed by atoms with van der Waals surface area (Å²) in [6.45, 7) is 12.7. The van der Waals surface area contributed by atoms with E-state index in [4.69, 9.17) is 4.74 Å². The van der Waals surface area contributed by atoms with Crippen molar-refractivity contribution in [3.63, 3.8) is 0 Å². The Morgan fingerprint density at radius 2 is 2.08 bits per heavy atom. The number of ether oxygens (including phenoxy) is 1. The SMILES string of the molecule is COCCNC1C[C@@H](CCC(=O)Nc2ncc(C)s2)C2C3CCc4cc(O)c(C(C)(C)C)cc4C3CC[C@]12C. The molecule has 1 aromatic heterocycles. The Bertz CT molecular complexity index is 1190. The summed E-state index contributed by atoms with van der Waals surface area (Å²) in [6, 6.07) is 4.84. The van der Waals surface area contributed by atoms with Crippen LogP contribution in [0.2, 0.25) is 0 Å². The lowest BCUT2D eigenvalue weighted by atomic mass is 9.53. The number of amides is 1. The second-order valence-electron chi connectivity index (χ2n) is 13.6. The van der Waals surface area contributed by atoms with Gasteiger partial charge in [-0.15, -0.1) is 11.3 Å². The number of phenols is 1. The summed E-state index contributed by atoms with van der Waals surface area (Å²) in [4.78, 5) is 18.3. The molecule has 1 aromatic carbocycles. The normalized spacial score (nSPS) is 29.9. The predicted molar refractivity (Wildman–Crippen MR) is 159 cm³/mol. The van der Waals surface area contributed by atoms with Crippen molar-refractivity contribution in [2.24, 2.45) is 23.2 Å². The van der Waals surface area contributed by atoms with Gasteiger partial charge in [-0.1, -0.05) is 33.8 Å². The molecule has 2 aromatic rings. The molecule has 0 saturated heterocycles. The minimum atomic E-state index is -0.0924. The summed E-state index contributed by atoms with van der Waals surface area (Å²) >= 11 is 1.53. The Hall–Kier alpha value is -1.96. The third-order valence-corrected chi connectivity index (χ3v) is 10.9. The van der Waals surface area contributed by atoms with E-state index in [9.17, 15) is 9.90 Å². The average molecular weight is 554 g/mol. The van der Waals surface area contributed by atoms with Crippen LogP contribution in [0, 0.1) is 30.1 Å². The third kappa shape index (κ3) is 5.64. The molecule has 0 radical (unpaired) electrons. The maximum atomic E-state index is 12.9. The highest BCUT2D eigenvalue weighted by atomic mass is 32.1. The van der Waals surface area contributed by atoms with E-state index in [2.05, 4.69) is 55.4 Å². The molecule has 3 N–H and O–H groups in total. The number of rotatable bonds is 8. The van der Waals surface area contributed by atoms with E-state index in [0.29, 0.717) is 47.0 Å². The second-order valence-corrected chi connectivity index (χ2v) is 14.8. The fourth-order valence-electron chi connectivity index (χ4n) is 8.36. The molecule has 0 spiro atoms. The quantitative estimate of drug-likeness (QED) is 0.323. The Labute approximate surface area is 238 Å². The Morgan fingerprint density at radius 1 is 1.28 bits per heavy atom. The zero-order chi connectivity index (χ0) is 27.9. The molecule has 6 atom stereocenters. The van der Waals surface area contributed by atoms with Crippen molar-refractivity contribution < 1.29 is 14.6 Å². The van der Waals surface area contributed by atoms with E-state index < -0.39 is 0 Å². The van der Waals surface area contributed by atoms with Crippen LogP contribution in [-0.4, -0.2) is 42.3 Å². The summed E-state index contributed by atoms with van der Waals surface area (Å²) in [7, 11) is 1.76. The molecule has 3 aliphatic carbocycles. The number of aromatic hydroxyl groups is 1. The first-order valence-electron chi connectivity index (χ1n) is 14.8. The van der Waals surface area contributed by atoms with Crippen LogP contribution >= 0.6 is 11.3 Å². The lowest BCUT2D eigenvalue weighted by Gasteiger charge is -2.52. The van der Waals surface area contributed by atoms with Gasteiger partial charge in [0.25, 0.3) is 0 Å². The smallest absolute Gasteiger partial charge is 0.226 e. The van der Waals surface area contributed by atoms with Gasteiger partial charge >= 0.3 is 0 Å². The van der Waals surface area contributed by atoms with E-state index in [1.807, 2.05) is 13.1 Å². The molecule has 2 fully saturated rings. The van der Waals surface area contributed by atoms with Crippen LogP contribution in [0.25, 0.3) is 0 Å². The third-order valence-electron chi connectivity index (χ3n) is 10.1. The van der Waals surface area contributed by atoms with Crippen LogP contribution in [-0.2, 0) is 21.4 Å². The van der Waals surface area contributed by atoms with E-state index >= 15 is 0 Å². The molecule has 5 rings (SSSR count). The Balaban J connectivity index is 1.40. The molecular formula is C32H47N3O3S. The van der Waals surface area contributed by atoms with Gasteiger partial charge in [-0.25, -0.2) is 4.98 Å². The average Bonchev–Trinajstić information content (AvgIpc) is 3.41. The number of fused-ring (bicyclic) bond motifs is 5. The molecule has 7 heteroatoms. The highest BCUT2D eigenvalue weighted by Crippen LogP contribution is 2.63. The highest BCUT2D eigenvalue weighted by molar-refractivity contribution is 7.15. The van der Waals surface area contributed by atoms with Crippen LogP contribution in [0.5, 0.6) is 5.75 Å². The molecule has 0 bridgehead atoms. The molecule has 4 unspecified atom stereocenters. The van der Waals surface area contributed by atoms with Gasteiger partial charge < -0.3 is 20.5 Å². The van der Waals surface area contributed by atoms with Gasteiger partial charge in [0.05, 0.1) is 6.61 Å². The van der Waals surface area contributed by atoms with Crippen molar-refractivity contribution in [2.75, 3.05) is 25.6 Å². The number of thiazole rings is 1. The van der Waals surface area contributed by atoms with Crippen LogP contribution in [0.4, 0.5) is 5.13 Å². The minimum Gasteiger partial charge on any atom is -0.508 e. The fourth-order valence-corrected chi connectivity index (χ4v) is 9.04. The van der Waals surface area contributed by atoms with Gasteiger partial charge in [-0.05, 0) is 103 Å². The molecule has 1 heterocycles. The first-order valence-corrected chi connectivity index (χ1v) is 15.6. The number of aryl methyl sites for hydroxylation is 2. The van der Waals surface area contributed by atoms with E-state index in [1.165, 1.54) is 35.3 Å². The molecule has 1 amide bonds. The number of carbonyl (C=O) groups is 1. The number of methoxy groups -OCH3 is 1. The topological polar surface area (TPSA) is 83.5 Å². The van der Waals surface area contributed by atoms with Crippen molar-refractivity contribution in [2.45, 2.75) is 96.9 Å². The number of benzene rings is 1. The number of nitrogens with one attached hydrogen (secondary N) is 2. The second kappa shape index (κ2) is 11.1. The van der Waals surface area contributed by atoms with Gasteiger partial charge in [-0.2, -0.15) is 0 Å². The van der Waals surface area contributed by atoms with Gasteiger partial charge in [0.1, 0.15) is 5.75 Å². The molecule has 3 aliphatic rings. The van der Waals surface area contributed by atoms with Gasteiger partial charge in [0.2, 0.25) is 5.91 Å². The van der Waals surface area contributed by atoms with E-state index in [0.717, 1.165) is 49.3 Å². The summed E-state index contributed by atoms with van der Waals surface area (Å²) in [5.41, 5.74) is 4.00. The van der Waals surface area contributed by atoms with Crippen molar-refractivity contribution in [3.8, 4) is 5.75 Å². The molecule has 2 saturated carbocycles. The molecule has 214 valence electrons. The number of anilines is 1. The fraction of sp³-hybridized carbons (Fsp3) is 0.688. The number of nitrogens with zero attached hydrogens (tertiary/aromatic N) is 1. The van der Waals surface area contributed by atoms with Crippen LogP contribution in [0.1, 0.15) is 93.7 Å². The maximum Gasteiger partial charge on any atom is 0.226 e. The zero-order valence-electron chi connectivity index (χ0n) is 24.6. The number of hydrogen-bond donors (Lipinski definition) is 3. The first-order chi connectivity index (χ1) is 18.5. The summed E-state index contributed by atoms with van der Waals surface area (Å²) in [6.07, 6.45) is 8.96. The Kier molecular flexibility index (Phi) is 8.16. The number of phenolic OH excluding ortho intramolecular Hbond substituents is 1. The lowest BCUT2D eigenvalue weighted by Crippen LogP contribution is -2.49. The summed E-state index contributed by atoms with van der Waals surface area (Å²) in [5, 5.41) is 18.4. The van der Waals surface area contributed by atoms with Crippen molar-refractivity contribution in [1.29, 1.82) is 0 Å². The first kappa shape index (κ1) is 28.6. The maximum absolute atomic E-state index is 12.9. The lowest BCUT2D eigenvalue weighted by molar-refractivity contribution is -0.116. The Morgan fingerprint density at radius 3 is 2.77 bits per heavy atom. The number of aromatic nitrogens is 1. The van der Waals surface area contributed by atoms with Crippen LogP contribution in [0.15, 0.2) is 18.3 Å². The summed E-state index contributed by atoms with van der Waals surface area (Å²) < 4.78 is 5.37. The van der Waals surface area contributed by atoms with Crippen molar-refractivity contribution in [1.82, 2.24) is 10.3 Å². The number of carbonyl (C=O) groups excluding carboxylic acids is 1. The van der Waals surface area contributed by atoms with E-state index in [1.54, 1.807) is 7.11 Å². The monoisotopic (exact) mass is 553 g/mol. The van der Waals surface area contributed by atoms with Crippen LogP contribution in [0.3, 0.4) is 0 Å². The largest absolute Gasteiger partial charge is 0.508 e.